The van der Waals surface area contributed by atoms with Gasteiger partial charge in [-0.1, -0.05) is 5.21 Å². The van der Waals surface area contributed by atoms with Gasteiger partial charge in [0.1, 0.15) is 5.82 Å². The summed E-state index contributed by atoms with van der Waals surface area (Å²) in [5.41, 5.74) is 6.67. The average molecular weight is 455 g/mol. The second-order valence-corrected chi connectivity index (χ2v) is 6.80. The number of rotatable bonds is 6. The molecular weight excluding hydrogens is 435 g/mol. The van der Waals surface area contributed by atoms with E-state index in [9.17, 15) is 27.6 Å². The largest absolute Gasteiger partial charge is 0.478 e. The number of carbonyl (C=O) groups excluding carboxylic acids is 1. The van der Waals surface area contributed by atoms with Crippen LogP contribution in [-0.4, -0.2) is 60.5 Å². The van der Waals surface area contributed by atoms with E-state index in [2.05, 4.69) is 10.3 Å². The van der Waals surface area contributed by atoms with E-state index in [1.54, 1.807) is 15.8 Å². The van der Waals surface area contributed by atoms with Crippen LogP contribution in [-0.2, 0) is 33.9 Å². The fourth-order valence-electron chi connectivity index (χ4n) is 2.86. The van der Waals surface area contributed by atoms with E-state index in [-0.39, 0.29) is 24.3 Å². The summed E-state index contributed by atoms with van der Waals surface area (Å²) in [6.07, 6.45) is 2.64. The zero-order valence-corrected chi connectivity index (χ0v) is 16.6. The van der Waals surface area contributed by atoms with Crippen LogP contribution in [0.25, 0.3) is 0 Å². The lowest BCUT2D eigenvalue weighted by Gasteiger charge is -2.28. The van der Waals surface area contributed by atoms with Gasteiger partial charge in [-0.15, -0.1) is 5.10 Å². The number of aliphatic carboxylic acids is 2. The topological polar surface area (TPSA) is 152 Å². The third kappa shape index (κ3) is 7.19. The zero-order chi connectivity index (χ0) is 23.8. The number of hydrogen-bond donors (Lipinski definition) is 3. The molecule has 0 unspecified atom stereocenters. The molecule has 32 heavy (non-hydrogen) atoms. The van der Waals surface area contributed by atoms with Gasteiger partial charge in [-0.2, -0.15) is 0 Å². The molecule has 1 atom stereocenters. The second-order valence-electron chi connectivity index (χ2n) is 6.80. The van der Waals surface area contributed by atoms with E-state index in [0.29, 0.717) is 37.9 Å². The van der Waals surface area contributed by atoms with Gasteiger partial charge >= 0.3 is 11.9 Å². The number of carbonyl (C=O) groups is 3. The van der Waals surface area contributed by atoms with Crippen LogP contribution in [0.4, 0.5) is 13.2 Å². The number of carboxylic acid groups (broad SMARTS) is 2. The number of carboxylic acids is 2. The number of aromatic nitrogens is 3. The highest BCUT2D eigenvalue weighted by Crippen LogP contribution is 2.17. The highest BCUT2D eigenvalue weighted by atomic mass is 19.2. The molecule has 13 heteroatoms. The average Bonchev–Trinajstić information content (AvgIpc) is 3.18. The van der Waals surface area contributed by atoms with Crippen LogP contribution in [0, 0.1) is 17.5 Å². The van der Waals surface area contributed by atoms with Gasteiger partial charge in [0.25, 0.3) is 0 Å². The van der Waals surface area contributed by atoms with Crippen molar-refractivity contribution in [3.63, 3.8) is 0 Å². The molecule has 2 aromatic rings. The number of nitrogens with zero attached hydrogens (tertiary/aromatic N) is 4. The van der Waals surface area contributed by atoms with Gasteiger partial charge in [0.15, 0.2) is 11.6 Å². The first-order chi connectivity index (χ1) is 15.1. The summed E-state index contributed by atoms with van der Waals surface area (Å²) in [6, 6.07) is 0.569. The molecule has 0 spiro atoms. The van der Waals surface area contributed by atoms with Crippen LogP contribution >= 0.6 is 0 Å². The Balaban J connectivity index is 0.000000390. The molecule has 1 aromatic carbocycles. The van der Waals surface area contributed by atoms with Gasteiger partial charge in [0.2, 0.25) is 5.91 Å². The van der Waals surface area contributed by atoms with Crippen molar-refractivity contribution in [2.45, 2.75) is 32.0 Å². The molecule has 3 rings (SSSR count). The van der Waals surface area contributed by atoms with E-state index < -0.39 is 35.4 Å². The minimum absolute atomic E-state index is 0.0139. The van der Waals surface area contributed by atoms with Crippen LogP contribution in [0.15, 0.2) is 30.5 Å². The predicted octanol–water partition coefficient (Wildman–Crippen LogP) is 0.709. The van der Waals surface area contributed by atoms with E-state index in [4.69, 9.17) is 15.9 Å². The predicted molar refractivity (Wildman–Crippen MR) is 102 cm³/mol. The maximum absolute atomic E-state index is 13.6. The van der Waals surface area contributed by atoms with Crippen LogP contribution in [0.3, 0.4) is 0 Å². The Kier molecular flexibility index (Phi) is 8.46. The lowest BCUT2D eigenvalue weighted by Crippen LogP contribution is -2.41. The standard InChI is InChI=1S/C15H16F3N5O.C4H4O4/c16-12-6-14(18)13(17)4-9(12)3-10(19)5-15(24)22-1-2-23-11(8-22)7-20-21-23;5-3(6)1-2-4(7)8/h4,6-7,10H,1-3,5,8,19H2;1-2H,(H,5,6)(H,7,8)/b;2-1+/t10-;/m1./s1. The van der Waals surface area contributed by atoms with Crippen LogP contribution in [0.2, 0.25) is 0 Å². The Morgan fingerprint density at radius 2 is 1.69 bits per heavy atom. The summed E-state index contributed by atoms with van der Waals surface area (Å²) < 4.78 is 41.5. The molecule has 0 saturated carbocycles. The number of amides is 1. The van der Waals surface area contributed by atoms with Crippen molar-refractivity contribution in [3.8, 4) is 0 Å². The second kappa shape index (κ2) is 11.0. The fourth-order valence-corrected chi connectivity index (χ4v) is 2.86. The SMILES string of the molecule is N[C@@H](CC(=O)N1CCn2nncc2C1)Cc1cc(F)c(F)cc1F.O=C(O)/C=C/C(=O)O. The Labute approximate surface area is 179 Å². The lowest BCUT2D eigenvalue weighted by atomic mass is 10.0. The Hall–Kier alpha value is -3.74. The van der Waals surface area contributed by atoms with Crippen molar-refractivity contribution in [1.29, 1.82) is 0 Å². The van der Waals surface area contributed by atoms with Crippen molar-refractivity contribution < 1.29 is 37.8 Å². The zero-order valence-electron chi connectivity index (χ0n) is 16.6. The van der Waals surface area contributed by atoms with Crippen molar-refractivity contribution in [1.82, 2.24) is 19.9 Å². The molecule has 0 aliphatic carbocycles. The normalized spacial score (nSPS) is 13.8. The lowest BCUT2D eigenvalue weighted by molar-refractivity contribution is -0.134. The molecule has 1 aromatic heterocycles. The summed E-state index contributed by atoms with van der Waals surface area (Å²) in [6.45, 7) is 1.42. The van der Waals surface area contributed by atoms with Gasteiger partial charge < -0.3 is 20.8 Å². The summed E-state index contributed by atoms with van der Waals surface area (Å²) in [7, 11) is 0. The minimum atomic E-state index is -1.26. The molecule has 0 fully saturated rings. The third-order valence-electron chi connectivity index (χ3n) is 4.36. The van der Waals surface area contributed by atoms with Gasteiger partial charge in [-0.3, -0.25) is 4.79 Å². The van der Waals surface area contributed by atoms with Gasteiger partial charge in [0.05, 0.1) is 25.0 Å². The van der Waals surface area contributed by atoms with Crippen molar-refractivity contribution >= 4 is 17.8 Å². The van der Waals surface area contributed by atoms with E-state index in [0.717, 1.165) is 11.8 Å². The van der Waals surface area contributed by atoms with E-state index in [1.165, 1.54) is 0 Å². The summed E-state index contributed by atoms with van der Waals surface area (Å²) in [5, 5.41) is 23.3. The minimum Gasteiger partial charge on any atom is -0.478 e. The molecule has 172 valence electrons. The first-order valence-corrected chi connectivity index (χ1v) is 9.25. The third-order valence-corrected chi connectivity index (χ3v) is 4.36. The summed E-state index contributed by atoms with van der Waals surface area (Å²) in [4.78, 5) is 33.0. The van der Waals surface area contributed by atoms with E-state index in [1.807, 2.05) is 0 Å². The highest BCUT2D eigenvalue weighted by Gasteiger charge is 2.23. The number of benzene rings is 1. The Morgan fingerprint density at radius 1 is 1.06 bits per heavy atom. The van der Waals surface area contributed by atoms with Gasteiger partial charge in [-0.25, -0.2) is 27.4 Å². The molecule has 0 saturated heterocycles. The molecular formula is C19H20F3N5O5. The molecule has 0 radical (unpaired) electrons. The number of nitrogens with two attached hydrogens (primary N) is 1. The fraction of sp³-hybridized carbons (Fsp3) is 0.316. The molecule has 10 nitrogen and oxygen atoms in total. The maximum atomic E-state index is 13.6. The quantitative estimate of drug-likeness (QED) is 0.426. The van der Waals surface area contributed by atoms with Crippen LogP contribution < -0.4 is 5.73 Å². The Bertz CT molecular complexity index is 1010. The van der Waals surface area contributed by atoms with Crippen molar-refractivity contribution in [2.75, 3.05) is 6.54 Å². The highest BCUT2D eigenvalue weighted by molar-refractivity contribution is 5.89. The maximum Gasteiger partial charge on any atom is 0.328 e. The van der Waals surface area contributed by atoms with Crippen LogP contribution in [0.5, 0.6) is 0 Å². The molecule has 0 bridgehead atoms. The van der Waals surface area contributed by atoms with Crippen LogP contribution in [0.1, 0.15) is 17.7 Å². The van der Waals surface area contributed by atoms with Crippen molar-refractivity contribution in [2.24, 2.45) is 5.73 Å². The number of halogens is 3. The monoisotopic (exact) mass is 455 g/mol. The van der Waals surface area contributed by atoms with Gasteiger partial charge in [-0.05, 0) is 18.1 Å². The van der Waals surface area contributed by atoms with Crippen molar-refractivity contribution in [3.05, 3.63) is 59.2 Å². The molecule has 2 heterocycles. The molecule has 1 aliphatic heterocycles. The summed E-state index contributed by atoms with van der Waals surface area (Å²) in [5.74, 6) is -5.95. The number of fused-ring (bicyclic) bond motifs is 1. The molecule has 1 amide bonds. The molecule has 1 aliphatic rings. The van der Waals surface area contributed by atoms with Gasteiger partial charge in [0, 0.05) is 37.2 Å². The molecule has 4 N–H and O–H groups in total. The summed E-state index contributed by atoms with van der Waals surface area (Å²) >= 11 is 0. The first-order valence-electron chi connectivity index (χ1n) is 9.25. The number of hydrogen-bond acceptors (Lipinski definition) is 6. The smallest absolute Gasteiger partial charge is 0.328 e. The first kappa shape index (κ1) is 24.5. The van der Waals surface area contributed by atoms with E-state index >= 15 is 0 Å². The Morgan fingerprint density at radius 3 is 2.31 bits per heavy atom.